The molecule has 1 amide bonds. The van der Waals surface area contributed by atoms with Gasteiger partial charge in [-0.05, 0) is 51.1 Å². The van der Waals surface area contributed by atoms with Crippen molar-refractivity contribution in [1.82, 2.24) is 10.6 Å². The Bertz CT molecular complexity index is 259. The Morgan fingerprint density at radius 3 is 2.81 bits per heavy atom. The minimum absolute atomic E-state index is 0.308. The summed E-state index contributed by atoms with van der Waals surface area (Å²) in [6, 6.07) is 0.344. The Balaban J connectivity index is 1.79. The highest BCUT2D eigenvalue weighted by Gasteiger charge is 2.57. The average molecular weight is 224 g/mol. The van der Waals surface area contributed by atoms with Crippen molar-refractivity contribution in [2.45, 2.75) is 52.0 Å². The van der Waals surface area contributed by atoms with Crippen LogP contribution < -0.4 is 10.6 Å². The highest BCUT2D eigenvalue weighted by Crippen LogP contribution is 2.58. The van der Waals surface area contributed by atoms with Gasteiger partial charge in [-0.15, -0.1) is 0 Å². The number of rotatable bonds is 4. The van der Waals surface area contributed by atoms with Crippen LogP contribution in [0.25, 0.3) is 0 Å². The second kappa shape index (κ2) is 4.74. The molecular formula is C13H24N2O. The molecule has 3 heteroatoms. The number of amides is 1. The van der Waals surface area contributed by atoms with Crippen LogP contribution in [0.2, 0.25) is 0 Å². The van der Waals surface area contributed by atoms with E-state index in [0.29, 0.717) is 23.3 Å². The van der Waals surface area contributed by atoms with E-state index in [4.69, 9.17) is 0 Å². The van der Waals surface area contributed by atoms with E-state index in [1.54, 1.807) is 0 Å². The summed E-state index contributed by atoms with van der Waals surface area (Å²) in [6.45, 7) is 6.45. The molecule has 1 heterocycles. The lowest BCUT2D eigenvalue weighted by atomic mass is 9.91. The molecule has 0 aromatic heterocycles. The monoisotopic (exact) mass is 224 g/mol. The standard InChI is InChI=1S/C13H24N2O/c1-3-4-10(2)15-12(16)11-9-13(11)5-7-14-8-6-13/h10-11,14H,3-9H2,1-2H3,(H,15,16). The molecule has 2 aliphatic rings. The molecule has 2 fully saturated rings. The zero-order valence-electron chi connectivity index (χ0n) is 10.5. The summed E-state index contributed by atoms with van der Waals surface area (Å²) in [5.74, 6) is 0.622. The van der Waals surface area contributed by atoms with Gasteiger partial charge in [-0.3, -0.25) is 4.79 Å². The van der Waals surface area contributed by atoms with Crippen LogP contribution in [0.3, 0.4) is 0 Å². The van der Waals surface area contributed by atoms with Crippen molar-refractivity contribution in [2.24, 2.45) is 11.3 Å². The van der Waals surface area contributed by atoms with Gasteiger partial charge in [0.1, 0.15) is 0 Å². The molecule has 3 nitrogen and oxygen atoms in total. The Labute approximate surface area is 98.4 Å². The molecule has 1 aliphatic carbocycles. The third kappa shape index (κ3) is 2.40. The molecule has 1 saturated heterocycles. The minimum atomic E-state index is 0.308. The predicted molar refractivity (Wildman–Crippen MR) is 65.2 cm³/mol. The first-order valence-corrected chi connectivity index (χ1v) is 6.69. The lowest BCUT2D eigenvalue weighted by Gasteiger charge is -2.23. The van der Waals surface area contributed by atoms with E-state index in [1.165, 1.54) is 12.8 Å². The molecule has 2 N–H and O–H groups in total. The van der Waals surface area contributed by atoms with Crippen molar-refractivity contribution < 1.29 is 4.79 Å². The highest BCUT2D eigenvalue weighted by molar-refractivity contribution is 5.82. The van der Waals surface area contributed by atoms with Gasteiger partial charge in [0.25, 0.3) is 0 Å². The Kier molecular flexibility index (Phi) is 3.53. The van der Waals surface area contributed by atoms with Gasteiger partial charge in [0.2, 0.25) is 5.91 Å². The van der Waals surface area contributed by atoms with Crippen molar-refractivity contribution in [3.8, 4) is 0 Å². The van der Waals surface area contributed by atoms with E-state index < -0.39 is 0 Å². The Morgan fingerprint density at radius 1 is 1.50 bits per heavy atom. The maximum atomic E-state index is 12.0. The largest absolute Gasteiger partial charge is 0.353 e. The fourth-order valence-corrected chi connectivity index (χ4v) is 3.04. The number of carbonyl (C=O) groups is 1. The SMILES string of the molecule is CCCC(C)NC(=O)C1CC12CCNCC2. The first-order chi connectivity index (χ1) is 7.68. The maximum Gasteiger partial charge on any atom is 0.223 e. The van der Waals surface area contributed by atoms with Crippen LogP contribution in [0.15, 0.2) is 0 Å². The van der Waals surface area contributed by atoms with E-state index in [9.17, 15) is 4.79 Å². The second-order valence-electron chi connectivity index (χ2n) is 5.57. The van der Waals surface area contributed by atoms with Crippen molar-refractivity contribution in [1.29, 1.82) is 0 Å². The summed E-state index contributed by atoms with van der Waals surface area (Å²) in [7, 11) is 0. The zero-order valence-corrected chi connectivity index (χ0v) is 10.5. The fourth-order valence-electron chi connectivity index (χ4n) is 3.04. The van der Waals surface area contributed by atoms with E-state index >= 15 is 0 Å². The van der Waals surface area contributed by atoms with Crippen LogP contribution in [0.4, 0.5) is 0 Å². The second-order valence-corrected chi connectivity index (χ2v) is 5.57. The molecule has 1 aliphatic heterocycles. The summed E-state index contributed by atoms with van der Waals surface area (Å²) in [4.78, 5) is 12.0. The number of piperidine rings is 1. The average Bonchev–Trinajstić information content (AvgIpc) is 2.93. The summed E-state index contributed by atoms with van der Waals surface area (Å²) < 4.78 is 0. The van der Waals surface area contributed by atoms with Crippen LogP contribution in [-0.2, 0) is 4.79 Å². The summed E-state index contributed by atoms with van der Waals surface area (Å²) in [6.07, 6.45) is 5.73. The number of nitrogens with one attached hydrogen (secondary N) is 2. The van der Waals surface area contributed by atoms with Gasteiger partial charge in [-0.25, -0.2) is 0 Å². The molecule has 0 aromatic carbocycles. The van der Waals surface area contributed by atoms with Crippen LogP contribution >= 0.6 is 0 Å². The van der Waals surface area contributed by atoms with Crippen LogP contribution in [0.5, 0.6) is 0 Å². The molecular weight excluding hydrogens is 200 g/mol. The van der Waals surface area contributed by atoms with Gasteiger partial charge in [0, 0.05) is 12.0 Å². The fraction of sp³-hybridized carbons (Fsp3) is 0.923. The molecule has 0 bridgehead atoms. The van der Waals surface area contributed by atoms with Crippen LogP contribution in [0, 0.1) is 11.3 Å². The zero-order chi connectivity index (χ0) is 11.6. The quantitative estimate of drug-likeness (QED) is 0.763. The first kappa shape index (κ1) is 11.9. The van der Waals surface area contributed by atoms with Crippen LogP contribution in [0.1, 0.15) is 46.0 Å². The lowest BCUT2D eigenvalue weighted by molar-refractivity contribution is -0.123. The molecule has 2 rings (SSSR count). The molecule has 1 spiro atoms. The molecule has 16 heavy (non-hydrogen) atoms. The molecule has 1 saturated carbocycles. The summed E-state index contributed by atoms with van der Waals surface area (Å²) >= 11 is 0. The van der Waals surface area contributed by atoms with Crippen molar-refractivity contribution in [3.63, 3.8) is 0 Å². The number of carbonyl (C=O) groups excluding carboxylic acids is 1. The predicted octanol–water partition coefficient (Wildman–Crippen LogP) is 1.68. The van der Waals surface area contributed by atoms with Gasteiger partial charge >= 0.3 is 0 Å². The van der Waals surface area contributed by atoms with Gasteiger partial charge in [0.15, 0.2) is 0 Å². The lowest BCUT2D eigenvalue weighted by Crippen LogP contribution is -2.37. The van der Waals surface area contributed by atoms with Crippen molar-refractivity contribution >= 4 is 5.91 Å². The summed E-state index contributed by atoms with van der Waals surface area (Å²) in [5, 5.41) is 6.52. The summed E-state index contributed by atoms with van der Waals surface area (Å²) in [5.41, 5.74) is 0.376. The first-order valence-electron chi connectivity index (χ1n) is 6.69. The number of hydrogen-bond acceptors (Lipinski definition) is 2. The Morgan fingerprint density at radius 2 is 2.19 bits per heavy atom. The van der Waals surface area contributed by atoms with Gasteiger partial charge in [-0.1, -0.05) is 13.3 Å². The third-order valence-electron chi connectivity index (χ3n) is 4.22. The molecule has 0 aromatic rings. The van der Waals surface area contributed by atoms with E-state index in [1.807, 2.05) is 0 Å². The van der Waals surface area contributed by atoms with Gasteiger partial charge in [-0.2, -0.15) is 0 Å². The van der Waals surface area contributed by atoms with Gasteiger partial charge in [0.05, 0.1) is 0 Å². The topological polar surface area (TPSA) is 41.1 Å². The van der Waals surface area contributed by atoms with E-state index in [-0.39, 0.29) is 0 Å². The third-order valence-corrected chi connectivity index (χ3v) is 4.22. The molecule has 2 atom stereocenters. The number of hydrogen-bond donors (Lipinski definition) is 2. The van der Waals surface area contributed by atoms with E-state index in [0.717, 1.165) is 32.4 Å². The molecule has 0 radical (unpaired) electrons. The van der Waals surface area contributed by atoms with Crippen LogP contribution in [-0.4, -0.2) is 25.0 Å². The maximum absolute atomic E-state index is 12.0. The van der Waals surface area contributed by atoms with Crippen molar-refractivity contribution in [2.75, 3.05) is 13.1 Å². The highest BCUT2D eigenvalue weighted by atomic mass is 16.2. The Hall–Kier alpha value is -0.570. The smallest absolute Gasteiger partial charge is 0.223 e. The van der Waals surface area contributed by atoms with Gasteiger partial charge < -0.3 is 10.6 Å². The normalized spacial score (nSPS) is 28.8. The molecule has 92 valence electrons. The van der Waals surface area contributed by atoms with E-state index in [2.05, 4.69) is 24.5 Å². The minimum Gasteiger partial charge on any atom is -0.353 e. The van der Waals surface area contributed by atoms with Crippen molar-refractivity contribution in [3.05, 3.63) is 0 Å². The molecule has 2 unspecified atom stereocenters.